The molecule has 3 heterocycles. The third-order valence-corrected chi connectivity index (χ3v) is 7.89. The molecule has 0 bridgehead atoms. The number of aryl methyl sites for hydroxylation is 2. The third-order valence-electron chi connectivity index (χ3n) is 7.89. The lowest BCUT2D eigenvalue weighted by Gasteiger charge is -2.31. The van der Waals surface area contributed by atoms with E-state index in [0.717, 1.165) is 47.6 Å². The molecule has 1 saturated heterocycles. The average Bonchev–Trinajstić information content (AvgIpc) is 3.34. The second-order valence-electron chi connectivity index (χ2n) is 11.1. The Morgan fingerprint density at radius 1 is 0.902 bits per heavy atom. The van der Waals surface area contributed by atoms with Crippen molar-refractivity contribution in [1.82, 2.24) is 19.1 Å². The minimum atomic E-state index is -0.110. The molecule has 0 radical (unpaired) electrons. The molecule has 3 aromatic carbocycles. The predicted octanol–water partition coefficient (Wildman–Crippen LogP) is 4.85. The number of nitrogens with zero attached hydrogens (tertiary/aromatic N) is 5. The Bertz CT molecular complexity index is 1710. The van der Waals surface area contributed by atoms with Crippen LogP contribution in [0.25, 0.3) is 11.2 Å². The predicted molar refractivity (Wildman–Crippen MR) is 166 cm³/mol. The van der Waals surface area contributed by atoms with Crippen LogP contribution in [0.1, 0.15) is 40.7 Å². The van der Waals surface area contributed by atoms with E-state index in [9.17, 15) is 4.79 Å². The van der Waals surface area contributed by atoms with Crippen LogP contribution in [-0.4, -0.2) is 38.2 Å². The molecule has 1 aliphatic rings. The first-order valence-electron chi connectivity index (χ1n) is 14.4. The van der Waals surface area contributed by atoms with Gasteiger partial charge in [-0.1, -0.05) is 84.4 Å². The molecule has 8 heteroatoms. The number of imidazole rings is 1. The number of rotatable bonds is 8. The summed E-state index contributed by atoms with van der Waals surface area (Å²) in [6.45, 7) is 7.20. The first-order chi connectivity index (χ1) is 20.0. The van der Waals surface area contributed by atoms with Crippen LogP contribution in [0.4, 0.5) is 11.9 Å². The lowest BCUT2D eigenvalue weighted by Crippen LogP contribution is -2.44. The van der Waals surface area contributed by atoms with Crippen LogP contribution < -0.4 is 21.5 Å². The summed E-state index contributed by atoms with van der Waals surface area (Å²) in [5.74, 6) is 1.26. The van der Waals surface area contributed by atoms with Gasteiger partial charge in [0.25, 0.3) is 5.56 Å². The molecule has 0 amide bonds. The Balaban J connectivity index is 1.51. The molecule has 0 saturated carbocycles. The van der Waals surface area contributed by atoms with Crippen LogP contribution in [-0.2, 0) is 19.6 Å². The van der Waals surface area contributed by atoms with E-state index in [-0.39, 0.29) is 11.6 Å². The highest BCUT2D eigenvalue weighted by Crippen LogP contribution is 2.26. The SMILES string of the molecule is Cc1ccc(Cn2c(NCc3ccccc3)nc3nc(N4CCCC(N)C4)n(Cc4ccccc4)c3c2=O)c(C)c1. The Kier molecular flexibility index (Phi) is 7.57. The Hall–Kier alpha value is -4.43. The zero-order valence-electron chi connectivity index (χ0n) is 23.8. The molecule has 1 unspecified atom stereocenters. The Labute approximate surface area is 240 Å². The van der Waals surface area contributed by atoms with Crippen molar-refractivity contribution >= 4 is 23.1 Å². The number of aromatic nitrogens is 4. The molecular formula is C33H37N7O. The number of nitrogens with one attached hydrogen (secondary N) is 1. The molecule has 1 aliphatic heterocycles. The van der Waals surface area contributed by atoms with E-state index in [1.54, 1.807) is 4.57 Å². The van der Waals surface area contributed by atoms with Gasteiger partial charge in [-0.2, -0.15) is 9.97 Å². The van der Waals surface area contributed by atoms with Crippen molar-refractivity contribution in [2.24, 2.45) is 5.73 Å². The maximum Gasteiger partial charge on any atom is 0.281 e. The molecule has 41 heavy (non-hydrogen) atoms. The van der Waals surface area contributed by atoms with Gasteiger partial charge >= 0.3 is 0 Å². The van der Waals surface area contributed by atoms with Crippen LogP contribution in [0, 0.1) is 13.8 Å². The van der Waals surface area contributed by atoms with E-state index in [0.29, 0.717) is 43.3 Å². The van der Waals surface area contributed by atoms with E-state index in [1.165, 1.54) is 5.56 Å². The quantitative estimate of drug-likeness (QED) is 0.289. The van der Waals surface area contributed by atoms with Crippen molar-refractivity contribution in [2.75, 3.05) is 23.3 Å². The number of anilines is 2. The smallest absolute Gasteiger partial charge is 0.281 e. The van der Waals surface area contributed by atoms with Crippen molar-refractivity contribution < 1.29 is 0 Å². The zero-order valence-corrected chi connectivity index (χ0v) is 23.8. The topological polar surface area (TPSA) is 94.0 Å². The van der Waals surface area contributed by atoms with E-state index in [1.807, 2.05) is 41.0 Å². The summed E-state index contributed by atoms with van der Waals surface area (Å²) in [5.41, 5.74) is 12.9. The summed E-state index contributed by atoms with van der Waals surface area (Å²) in [4.78, 5) is 26.7. The minimum absolute atomic E-state index is 0.0750. The number of nitrogens with two attached hydrogens (primary N) is 1. The molecule has 6 rings (SSSR count). The van der Waals surface area contributed by atoms with Gasteiger partial charge in [0, 0.05) is 25.7 Å². The number of benzene rings is 3. The molecule has 3 N–H and O–H groups in total. The first-order valence-corrected chi connectivity index (χ1v) is 14.4. The minimum Gasteiger partial charge on any atom is -0.351 e. The molecule has 5 aromatic rings. The molecule has 0 spiro atoms. The van der Waals surface area contributed by atoms with Gasteiger partial charge in [-0.05, 0) is 48.9 Å². The Morgan fingerprint density at radius 2 is 1.63 bits per heavy atom. The maximum atomic E-state index is 14.5. The summed E-state index contributed by atoms with van der Waals surface area (Å²) in [6, 6.07) is 26.8. The molecule has 0 aliphatic carbocycles. The summed E-state index contributed by atoms with van der Waals surface area (Å²) in [6.07, 6.45) is 1.98. The van der Waals surface area contributed by atoms with Crippen molar-refractivity contribution in [1.29, 1.82) is 0 Å². The fourth-order valence-electron chi connectivity index (χ4n) is 5.70. The summed E-state index contributed by atoms with van der Waals surface area (Å²) < 4.78 is 3.80. The number of hydrogen-bond donors (Lipinski definition) is 2. The van der Waals surface area contributed by atoms with Crippen LogP contribution in [0.3, 0.4) is 0 Å². The standard InChI is InChI=1S/C33H37N7O/c1-23-15-16-27(24(2)18-23)21-40-31(41)29-30(36-32(40)35-19-25-10-5-3-6-11-25)37-33(38-17-9-14-28(34)22-38)39(29)20-26-12-7-4-8-13-26/h3-8,10-13,15-16,18,28H,9,14,17,19-22,34H2,1-2H3,(H,35,36). The zero-order chi connectivity index (χ0) is 28.3. The van der Waals surface area contributed by atoms with E-state index in [4.69, 9.17) is 15.7 Å². The van der Waals surface area contributed by atoms with Crippen molar-refractivity contribution in [2.45, 2.75) is 52.4 Å². The summed E-state index contributed by atoms with van der Waals surface area (Å²) >= 11 is 0. The lowest BCUT2D eigenvalue weighted by atomic mass is 10.1. The van der Waals surface area contributed by atoms with Gasteiger partial charge in [0.2, 0.25) is 11.9 Å². The fourth-order valence-corrected chi connectivity index (χ4v) is 5.70. The monoisotopic (exact) mass is 547 g/mol. The van der Waals surface area contributed by atoms with E-state index < -0.39 is 0 Å². The molecule has 210 valence electrons. The van der Waals surface area contributed by atoms with Gasteiger partial charge in [-0.25, -0.2) is 0 Å². The second kappa shape index (κ2) is 11.6. The van der Waals surface area contributed by atoms with Gasteiger partial charge in [-0.15, -0.1) is 0 Å². The third kappa shape index (κ3) is 5.74. The molecule has 8 nitrogen and oxygen atoms in total. The molecular weight excluding hydrogens is 510 g/mol. The Morgan fingerprint density at radius 3 is 2.34 bits per heavy atom. The first kappa shape index (κ1) is 26.8. The number of hydrogen-bond acceptors (Lipinski definition) is 6. The van der Waals surface area contributed by atoms with Crippen LogP contribution in [0.5, 0.6) is 0 Å². The van der Waals surface area contributed by atoms with Gasteiger partial charge in [0.1, 0.15) is 0 Å². The van der Waals surface area contributed by atoms with Gasteiger partial charge in [-0.3, -0.25) is 13.9 Å². The summed E-state index contributed by atoms with van der Waals surface area (Å²) in [7, 11) is 0. The average molecular weight is 548 g/mol. The molecule has 1 atom stereocenters. The highest BCUT2D eigenvalue weighted by atomic mass is 16.1. The van der Waals surface area contributed by atoms with Crippen molar-refractivity contribution in [3.8, 4) is 0 Å². The number of piperidine rings is 1. The maximum absolute atomic E-state index is 14.5. The molecule has 2 aromatic heterocycles. The number of fused-ring (bicyclic) bond motifs is 1. The highest BCUT2D eigenvalue weighted by molar-refractivity contribution is 5.76. The van der Waals surface area contributed by atoms with Crippen molar-refractivity contribution in [3.63, 3.8) is 0 Å². The van der Waals surface area contributed by atoms with E-state index in [2.05, 4.69) is 66.5 Å². The van der Waals surface area contributed by atoms with E-state index >= 15 is 0 Å². The van der Waals surface area contributed by atoms with Gasteiger partial charge in [0.05, 0.1) is 13.1 Å². The fraction of sp³-hybridized carbons (Fsp3) is 0.303. The van der Waals surface area contributed by atoms with Crippen molar-refractivity contribution in [3.05, 3.63) is 117 Å². The van der Waals surface area contributed by atoms with Crippen LogP contribution >= 0.6 is 0 Å². The normalized spacial score (nSPS) is 15.4. The lowest BCUT2D eigenvalue weighted by molar-refractivity contribution is 0.495. The second-order valence-corrected chi connectivity index (χ2v) is 11.1. The highest BCUT2D eigenvalue weighted by Gasteiger charge is 2.26. The molecule has 1 fully saturated rings. The van der Waals surface area contributed by atoms with Crippen LogP contribution in [0.15, 0.2) is 83.7 Å². The van der Waals surface area contributed by atoms with Crippen LogP contribution in [0.2, 0.25) is 0 Å². The van der Waals surface area contributed by atoms with Gasteiger partial charge < -0.3 is 16.0 Å². The largest absolute Gasteiger partial charge is 0.351 e. The van der Waals surface area contributed by atoms with Gasteiger partial charge in [0.15, 0.2) is 11.2 Å². The summed E-state index contributed by atoms with van der Waals surface area (Å²) in [5, 5.41) is 3.45.